The number of hydrogen-bond acceptors (Lipinski definition) is 3. The molecule has 0 fully saturated rings. The Morgan fingerprint density at radius 3 is 1.31 bits per heavy atom. The van der Waals surface area contributed by atoms with Crippen molar-refractivity contribution in [2.75, 3.05) is 0 Å². The van der Waals surface area contributed by atoms with E-state index in [0.29, 0.717) is 20.2 Å². The normalized spacial score (nSPS) is 15.8. The molecule has 3 aliphatic carbocycles. The van der Waals surface area contributed by atoms with Crippen molar-refractivity contribution in [3.63, 3.8) is 0 Å². The van der Waals surface area contributed by atoms with Gasteiger partial charge in [0, 0.05) is 49.8 Å². The second-order valence-corrected chi connectivity index (χ2v) is 25.3. The summed E-state index contributed by atoms with van der Waals surface area (Å²) in [7, 11) is 0. The maximum atomic E-state index is 6.39. The van der Waals surface area contributed by atoms with Crippen molar-refractivity contribution < 1.29 is 27.9 Å². The van der Waals surface area contributed by atoms with Crippen molar-refractivity contribution in [2.24, 2.45) is 0 Å². The van der Waals surface area contributed by atoms with Crippen LogP contribution >= 0.6 is 0 Å². The van der Waals surface area contributed by atoms with E-state index >= 15 is 0 Å². The van der Waals surface area contributed by atoms with Gasteiger partial charge in [-0.25, -0.2) is 0 Å². The molecular formula is C77H58N3O3+3. The molecule has 20 rings (SSSR count). The third kappa shape index (κ3) is 6.15. The molecule has 0 N–H and O–H groups in total. The largest absolute Gasteiger partial charge is 0.435 e. The molecule has 0 spiro atoms. The third-order valence-corrected chi connectivity index (χ3v) is 19.8. The summed E-state index contributed by atoms with van der Waals surface area (Å²) in [6, 6.07) is 72.6. The molecule has 6 heteroatoms. The standard InChI is InChI=1S/2C27H20NO.C23H18NO/c1-27(2)21-13-18-12-11-16-7-3-6-10-20(16)25(18)28-15-29-22-14-17-8-4-5-9-19(17)24(27)23(22)26(21)28;1-27(2)21-14-20-18-9-5-3-7-16(18)11-12-22(20)28-15-29-23-13-17-8-4-6-10-19(17)25(27)24(23)26(21)28;1-23(2)20-16-9-5-3-7-14(16)11-18-19(20)22-21(23)17-10-6-4-8-15(17)12-24(22)13-25-18/h2*3-14H,15H2,1-2H3;3-12H,13H2,1-2H3/q3*+1. The van der Waals surface area contributed by atoms with E-state index in [9.17, 15) is 0 Å². The number of nitrogens with zero attached hydrogens (tertiary/aromatic N) is 3. The van der Waals surface area contributed by atoms with Crippen molar-refractivity contribution in [3.05, 3.63) is 240 Å². The first-order valence-electron chi connectivity index (χ1n) is 29.3. The molecular weight excluding hydrogens is 1010 g/mol. The van der Waals surface area contributed by atoms with E-state index in [1.54, 1.807) is 0 Å². The minimum absolute atomic E-state index is 0.0589. The van der Waals surface area contributed by atoms with Gasteiger partial charge in [-0.3, -0.25) is 0 Å². The third-order valence-electron chi connectivity index (χ3n) is 19.8. The van der Waals surface area contributed by atoms with Crippen LogP contribution in [-0.2, 0) is 36.4 Å². The summed E-state index contributed by atoms with van der Waals surface area (Å²) in [6.45, 7) is 15.8. The van der Waals surface area contributed by atoms with Crippen molar-refractivity contribution in [1.82, 2.24) is 0 Å². The zero-order chi connectivity index (χ0) is 55.4. The highest BCUT2D eigenvalue weighted by atomic mass is 16.5. The Kier molecular flexibility index (Phi) is 9.23. The monoisotopic (exact) mass is 1070 g/mol. The number of aromatic nitrogens is 3. The number of benzene rings is 11. The Hall–Kier alpha value is -9.65. The Morgan fingerprint density at radius 2 is 0.723 bits per heavy atom. The molecule has 14 aromatic rings. The van der Waals surface area contributed by atoms with Crippen LogP contribution in [0, 0.1) is 0 Å². The average molecular weight is 1070 g/mol. The predicted molar refractivity (Wildman–Crippen MR) is 335 cm³/mol. The van der Waals surface area contributed by atoms with E-state index in [1.807, 2.05) is 0 Å². The highest BCUT2D eigenvalue weighted by Gasteiger charge is 2.51. The van der Waals surface area contributed by atoms with Crippen molar-refractivity contribution >= 4 is 86.4 Å². The van der Waals surface area contributed by atoms with Gasteiger partial charge in [0.25, 0.3) is 20.2 Å². The topological polar surface area (TPSA) is 39.3 Å². The van der Waals surface area contributed by atoms with Crippen LogP contribution < -0.4 is 27.9 Å². The summed E-state index contributed by atoms with van der Waals surface area (Å²) in [5.74, 6) is 3.06. The highest BCUT2D eigenvalue weighted by molar-refractivity contribution is 6.09. The Morgan fingerprint density at radius 1 is 0.313 bits per heavy atom. The number of hydrogen-bond donors (Lipinski definition) is 0. The first kappa shape index (κ1) is 47.0. The quantitative estimate of drug-likeness (QED) is 0.112. The molecule has 0 radical (unpaired) electrons. The summed E-state index contributed by atoms with van der Waals surface area (Å²) in [5, 5.41) is 18.1. The molecule has 0 saturated carbocycles. The molecule has 3 aliphatic heterocycles. The maximum Gasteiger partial charge on any atom is 0.293 e. The van der Waals surface area contributed by atoms with E-state index < -0.39 is 0 Å². The van der Waals surface area contributed by atoms with Crippen LogP contribution in [0.3, 0.4) is 0 Å². The summed E-state index contributed by atoms with van der Waals surface area (Å²) < 4.78 is 26.0. The number of fused-ring (bicyclic) bond motifs is 16. The molecule has 0 saturated heterocycles. The van der Waals surface area contributed by atoms with Crippen LogP contribution in [0.15, 0.2) is 206 Å². The van der Waals surface area contributed by atoms with E-state index in [2.05, 4.69) is 262 Å². The highest BCUT2D eigenvalue weighted by Crippen LogP contribution is 2.59. The van der Waals surface area contributed by atoms with E-state index in [1.165, 1.54) is 154 Å². The fraction of sp³-hybridized carbons (Fsp3) is 0.156. The van der Waals surface area contributed by atoms with Gasteiger partial charge in [0.15, 0.2) is 6.20 Å². The maximum absolute atomic E-state index is 6.39. The fourth-order valence-corrected chi connectivity index (χ4v) is 16.2. The lowest BCUT2D eigenvalue weighted by Crippen LogP contribution is -2.43. The zero-order valence-electron chi connectivity index (χ0n) is 47.3. The molecule has 396 valence electrons. The van der Waals surface area contributed by atoms with Crippen molar-refractivity contribution in [1.29, 1.82) is 0 Å². The molecule has 6 nitrogen and oxygen atoms in total. The Balaban J connectivity index is 0.0000000954. The lowest BCUT2D eigenvalue weighted by atomic mass is 9.79. The number of ether oxygens (including phenoxy) is 3. The zero-order valence-corrected chi connectivity index (χ0v) is 47.3. The second-order valence-electron chi connectivity index (χ2n) is 25.3. The summed E-state index contributed by atoms with van der Waals surface area (Å²) in [6.07, 6.45) is 2.23. The molecule has 6 heterocycles. The number of pyridine rings is 3. The number of rotatable bonds is 0. The molecule has 0 atom stereocenters. The van der Waals surface area contributed by atoms with E-state index in [4.69, 9.17) is 14.2 Å². The van der Waals surface area contributed by atoms with Crippen LogP contribution in [0.5, 0.6) is 17.2 Å². The SMILES string of the molecule is CC1(C)c2c3c(cc4ccccc24)OC[n+]2cc4ccccc4c1c2-3.CC1(C)c2cc3c4ccccc4ccc3[n+]3c2-c2c(cc4ccccc4c21)OC3.CC1(C)c2cc3ccc4ccccc4c3[n+]3c2-c2c(cc4ccccc4c21)OC3. The summed E-state index contributed by atoms with van der Waals surface area (Å²) in [5.41, 5.74) is 18.6. The van der Waals surface area contributed by atoms with Crippen LogP contribution in [0.25, 0.3) is 120 Å². The lowest BCUT2D eigenvalue weighted by Gasteiger charge is -2.23. The minimum atomic E-state index is -0.0825. The van der Waals surface area contributed by atoms with Gasteiger partial charge in [-0.05, 0) is 125 Å². The van der Waals surface area contributed by atoms with Crippen LogP contribution in [-0.4, -0.2) is 0 Å². The van der Waals surface area contributed by atoms with Crippen LogP contribution in [0.4, 0.5) is 0 Å². The molecule has 0 unspecified atom stereocenters. The molecule has 0 amide bonds. The predicted octanol–water partition coefficient (Wildman–Crippen LogP) is 17.1. The van der Waals surface area contributed by atoms with Crippen molar-refractivity contribution in [3.8, 4) is 51.0 Å². The van der Waals surface area contributed by atoms with Crippen LogP contribution in [0.2, 0.25) is 0 Å². The minimum Gasteiger partial charge on any atom is -0.435 e. The van der Waals surface area contributed by atoms with Gasteiger partial charge >= 0.3 is 0 Å². The first-order valence-corrected chi connectivity index (χ1v) is 29.3. The molecule has 11 aromatic carbocycles. The molecule has 6 aliphatic rings. The van der Waals surface area contributed by atoms with Gasteiger partial charge in [-0.1, -0.05) is 181 Å². The molecule has 3 aromatic heterocycles. The van der Waals surface area contributed by atoms with E-state index in [0.717, 1.165) is 17.2 Å². The molecule has 83 heavy (non-hydrogen) atoms. The Labute approximate surface area is 480 Å². The van der Waals surface area contributed by atoms with E-state index in [-0.39, 0.29) is 16.2 Å². The van der Waals surface area contributed by atoms with Gasteiger partial charge in [-0.15, -0.1) is 0 Å². The summed E-state index contributed by atoms with van der Waals surface area (Å²) >= 11 is 0. The van der Waals surface area contributed by atoms with Gasteiger partial charge in [0.1, 0.15) is 17.2 Å². The first-order chi connectivity index (χ1) is 40.4. The average Bonchev–Trinajstić information content (AvgIpc) is 1.66. The lowest BCUT2D eigenvalue weighted by molar-refractivity contribution is -0.716. The van der Waals surface area contributed by atoms with Gasteiger partial charge in [0.05, 0.1) is 27.5 Å². The van der Waals surface area contributed by atoms with Gasteiger partial charge in [-0.2, -0.15) is 13.7 Å². The van der Waals surface area contributed by atoms with Gasteiger partial charge < -0.3 is 14.2 Å². The fourth-order valence-electron chi connectivity index (χ4n) is 16.2. The van der Waals surface area contributed by atoms with Crippen molar-refractivity contribution in [2.45, 2.75) is 78.0 Å². The molecule has 0 bridgehead atoms. The smallest absolute Gasteiger partial charge is 0.293 e. The van der Waals surface area contributed by atoms with Gasteiger partial charge in [0.2, 0.25) is 28.1 Å². The Bertz CT molecular complexity index is 5230. The second kappa shape index (κ2) is 16.3. The van der Waals surface area contributed by atoms with Crippen LogP contribution in [0.1, 0.15) is 74.9 Å². The summed E-state index contributed by atoms with van der Waals surface area (Å²) in [4.78, 5) is 0.